The molecule has 1 saturated heterocycles. The van der Waals surface area contributed by atoms with Crippen LogP contribution in [0.25, 0.3) is 0 Å². The van der Waals surface area contributed by atoms with Crippen LogP contribution in [0, 0.1) is 5.92 Å². The number of anilines is 1. The van der Waals surface area contributed by atoms with Gasteiger partial charge in [0, 0.05) is 47.7 Å². The van der Waals surface area contributed by atoms with E-state index in [1.807, 2.05) is 18.2 Å². The average molecular weight is 487 g/mol. The second-order valence-corrected chi connectivity index (χ2v) is 9.82. The molecule has 0 radical (unpaired) electrons. The number of aliphatic hydroxyl groups excluding tert-OH is 1. The molecule has 1 N–H and O–H groups in total. The van der Waals surface area contributed by atoms with Crippen molar-refractivity contribution in [3.05, 3.63) is 51.3 Å². The van der Waals surface area contributed by atoms with Gasteiger partial charge in [0.2, 0.25) is 0 Å². The molecule has 0 spiro atoms. The molecule has 3 aliphatic rings. The molecule has 1 aromatic heterocycles. The highest BCUT2D eigenvalue weighted by atomic mass is 35.5. The molecule has 0 bridgehead atoms. The lowest BCUT2D eigenvalue weighted by molar-refractivity contribution is 0.162. The van der Waals surface area contributed by atoms with E-state index in [9.17, 15) is 0 Å². The number of β-amino-alcohol motifs (C(OH)–C–C–N with tert-alkyl or cyclic N) is 1. The van der Waals surface area contributed by atoms with Crippen molar-refractivity contribution in [2.24, 2.45) is 16.1 Å². The molecule has 3 aliphatic heterocycles. The lowest BCUT2D eigenvalue weighted by atomic mass is 9.89. The molecule has 0 aliphatic carbocycles. The number of hydrogen-bond donors (Lipinski definition) is 1. The minimum atomic E-state index is 0.219. The minimum Gasteiger partial charge on any atom is -0.395 e. The van der Waals surface area contributed by atoms with Crippen LogP contribution in [0.5, 0.6) is 0 Å². The summed E-state index contributed by atoms with van der Waals surface area (Å²) in [4.78, 5) is 4.62. The van der Waals surface area contributed by atoms with Crippen LogP contribution < -0.4 is 4.90 Å². The van der Waals surface area contributed by atoms with Gasteiger partial charge in [-0.15, -0.1) is 5.10 Å². The van der Waals surface area contributed by atoms with Crippen molar-refractivity contribution in [3.8, 4) is 0 Å². The number of piperidine rings is 1. The fourth-order valence-electron chi connectivity index (χ4n) is 4.96. The summed E-state index contributed by atoms with van der Waals surface area (Å²) in [6.07, 6.45) is 4.81. The lowest BCUT2D eigenvalue weighted by Crippen LogP contribution is -2.37. The quantitative estimate of drug-likeness (QED) is 0.667. The Bertz CT molecular complexity index is 1080. The fourth-order valence-corrected chi connectivity index (χ4v) is 5.33. The van der Waals surface area contributed by atoms with E-state index in [1.165, 1.54) is 0 Å². The Labute approximate surface area is 204 Å². The summed E-state index contributed by atoms with van der Waals surface area (Å²) in [6, 6.07) is 7.70. The van der Waals surface area contributed by atoms with Crippen molar-refractivity contribution in [3.63, 3.8) is 0 Å². The SMILES string of the molecule is OCCN1CCC(C2=NN=C(c3cc4c(nn3)CCCN4Cc3cc(Cl)ccc3Cl)C2)CC1. The number of likely N-dealkylation sites (tertiary alicyclic amines) is 1. The van der Waals surface area contributed by atoms with Gasteiger partial charge in [-0.2, -0.15) is 15.3 Å². The van der Waals surface area contributed by atoms with Crippen LogP contribution >= 0.6 is 23.2 Å². The Kier molecular flexibility index (Phi) is 6.92. The molecule has 0 saturated carbocycles. The summed E-state index contributed by atoms with van der Waals surface area (Å²) in [5.74, 6) is 0.452. The second kappa shape index (κ2) is 10.1. The van der Waals surface area contributed by atoms with Gasteiger partial charge >= 0.3 is 0 Å². The van der Waals surface area contributed by atoms with Crippen molar-refractivity contribution in [1.29, 1.82) is 0 Å². The standard InChI is InChI=1S/C24H28Cl2N6O/c25-18-3-4-19(26)17(12-18)15-32-7-1-2-20-24(32)14-23(30-27-20)22-13-21(28-29-22)16-5-8-31(9-6-16)10-11-33/h3-4,12,14,16,33H,1-2,5-11,13,15H2. The van der Waals surface area contributed by atoms with Gasteiger partial charge in [0.05, 0.1) is 23.7 Å². The monoisotopic (exact) mass is 486 g/mol. The molecule has 1 fully saturated rings. The van der Waals surface area contributed by atoms with Gasteiger partial charge in [0.25, 0.3) is 0 Å². The molecule has 0 unspecified atom stereocenters. The molecule has 1 aromatic carbocycles. The van der Waals surface area contributed by atoms with Gasteiger partial charge in [-0.05, 0) is 68.6 Å². The maximum absolute atomic E-state index is 9.16. The van der Waals surface area contributed by atoms with Crippen molar-refractivity contribution in [1.82, 2.24) is 15.1 Å². The van der Waals surface area contributed by atoms with E-state index in [2.05, 4.69) is 36.3 Å². The van der Waals surface area contributed by atoms with Crippen LogP contribution in [0.3, 0.4) is 0 Å². The third-order valence-electron chi connectivity index (χ3n) is 6.82. The number of nitrogens with zero attached hydrogens (tertiary/aromatic N) is 6. The van der Waals surface area contributed by atoms with E-state index in [0.29, 0.717) is 17.5 Å². The summed E-state index contributed by atoms with van der Waals surface area (Å²) in [6.45, 7) is 4.58. The molecule has 5 rings (SSSR count). The van der Waals surface area contributed by atoms with E-state index in [4.69, 9.17) is 28.3 Å². The summed E-state index contributed by atoms with van der Waals surface area (Å²) >= 11 is 12.6. The largest absolute Gasteiger partial charge is 0.395 e. The fraction of sp³-hybridized carbons (Fsp3) is 0.500. The van der Waals surface area contributed by atoms with Crippen LogP contribution in [-0.2, 0) is 13.0 Å². The zero-order valence-corrected chi connectivity index (χ0v) is 20.1. The smallest absolute Gasteiger partial charge is 0.112 e. The van der Waals surface area contributed by atoms with Crippen LogP contribution in [0.2, 0.25) is 10.0 Å². The van der Waals surface area contributed by atoms with Crippen molar-refractivity contribution in [2.75, 3.05) is 37.7 Å². The maximum Gasteiger partial charge on any atom is 0.112 e. The number of benzene rings is 1. The van der Waals surface area contributed by atoms with Crippen molar-refractivity contribution in [2.45, 2.75) is 38.6 Å². The predicted octanol–water partition coefficient (Wildman–Crippen LogP) is 3.99. The van der Waals surface area contributed by atoms with Gasteiger partial charge in [-0.3, -0.25) is 0 Å². The van der Waals surface area contributed by atoms with Crippen molar-refractivity contribution >= 4 is 40.3 Å². The second-order valence-electron chi connectivity index (χ2n) is 8.98. The highest BCUT2D eigenvalue weighted by Gasteiger charge is 2.28. The molecule has 0 amide bonds. The van der Waals surface area contributed by atoms with Gasteiger partial charge in [-0.1, -0.05) is 23.2 Å². The normalized spacial score (nSPS) is 19.4. The van der Waals surface area contributed by atoms with E-state index < -0.39 is 0 Å². The van der Waals surface area contributed by atoms with Gasteiger partial charge < -0.3 is 14.9 Å². The maximum atomic E-state index is 9.16. The molecule has 33 heavy (non-hydrogen) atoms. The highest BCUT2D eigenvalue weighted by Crippen LogP contribution is 2.31. The summed E-state index contributed by atoms with van der Waals surface area (Å²) in [7, 11) is 0. The molecular formula is C24H28Cl2N6O. The summed E-state index contributed by atoms with van der Waals surface area (Å²) < 4.78 is 0. The molecule has 0 atom stereocenters. The Balaban J connectivity index is 1.29. The Morgan fingerprint density at radius 2 is 1.88 bits per heavy atom. The number of aryl methyl sites for hydroxylation is 1. The van der Waals surface area contributed by atoms with Crippen LogP contribution in [0.4, 0.5) is 5.69 Å². The first kappa shape index (κ1) is 22.7. The van der Waals surface area contributed by atoms with Gasteiger partial charge in [-0.25, -0.2) is 0 Å². The van der Waals surface area contributed by atoms with Crippen molar-refractivity contribution < 1.29 is 5.11 Å². The van der Waals surface area contributed by atoms with Gasteiger partial charge in [0.1, 0.15) is 5.69 Å². The third-order valence-corrected chi connectivity index (χ3v) is 7.42. The Hall–Kier alpha value is -2.06. The Morgan fingerprint density at radius 3 is 2.70 bits per heavy atom. The molecule has 7 nitrogen and oxygen atoms in total. The van der Waals surface area contributed by atoms with E-state index in [1.54, 1.807) is 0 Å². The topological polar surface area (TPSA) is 77.2 Å². The van der Waals surface area contributed by atoms with E-state index in [0.717, 1.165) is 97.4 Å². The third kappa shape index (κ3) is 5.06. The molecule has 9 heteroatoms. The van der Waals surface area contributed by atoms with Crippen LogP contribution in [0.1, 0.15) is 42.6 Å². The number of halogens is 2. The lowest BCUT2D eigenvalue weighted by Gasteiger charge is -2.31. The predicted molar refractivity (Wildman–Crippen MR) is 133 cm³/mol. The van der Waals surface area contributed by atoms with E-state index in [-0.39, 0.29) is 6.61 Å². The number of hydrogen-bond acceptors (Lipinski definition) is 7. The van der Waals surface area contributed by atoms with E-state index >= 15 is 0 Å². The minimum absolute atomic E-state index is 0.219. The molecule has 174 valence electrons. The van der Waals surface area contributed by atoms with Crippen LogP contribution in [-0.4, -0.2) is 64.4 Å². The first-order chi connectivity index (χ1) is 16.1. The Morgan fingerprint density at radius 1 is 1.03 bits per heavy atom. The first-order valence-corrected chi connectivity index (χ1v) is 12.4. The zero-order valence-electron chi connectivity index (χ0n) is 18.6. The highest BCUT2D eigenvalue weighted by molar-refractivity contribution is 6.33. The average Bonchev–Trinajstić information content (AvgIpc) is 3.32. The molecule has 2 aromatic rings. The summed E-state index contributed by atoms with van der Waals surface area (Å²) in [5.41, 5.74) is 5.95. The zero-order chi connectivity index (χ0) is 22.8. The van der Waals surface area contributed by atoms with Gasteiger partial charge in [0.15, 0.2) is 0 Å². The number of aromatic nitrogens is 2. The number of fused-ring (bicyclic) bond motifs is 1. The molecular weight excluding hydrogens is 459 g/mol. The number of aliphatic hydroxyl groups is 1. The van der Waals surface area contributed by atoms with Crippen LogP contribution in [0.15, 0.2) is 34.5 Å². The molecule has 4 heterocycles. The number of rotatable bonds is 6. The summed E-state index contributed by atoms with van der Waals surface area (Å²) in [5, 5.41) is 28.6. The first-order valence-electron chi connectivity index (χ1n) is 11.6.